The minimum Gasteiger partial charge on any atom is -0.329 e. The second kappa shape index (κ2) is 4.81. The maximum Gasteiger partial charge on any atom is 0.123 e. The molecule has 2 rings (SSSR count). The molecule has 1 unspecified atom stereocenters. The van der Waals surface area contributed by atoms with Gasteiger partial charge in [0.05, 0.1) is 5.69 Å². The van der Waals surface area contributed by atoms with Crippen LogP contribution in [-0.4, -0.2) is 16.7 Å². The minimum absolute atomic E-state index is 0.107. The van der Waals surface area contributed by atoms with Crippen molar-refractivity contribution in [3.05, 3.63) is 59.7 Å². The summed E-state index contributed by atoms with van der Waals surface area (Å²) in [6.45, 7) is 0.377. The summed E-state index contributed by atoms with van der Waals surface area (Å²) in [7, 11) is 0. The normalized spacial score (nSPS) is 12.4. The summed E-state index contributed by atoms with van der Waals surface area (Å²) >= 11 is 0. The lowest BCUT2D eigenvalue weighted by molar-refractivity contribution is 0.622. The van der Waals surface area contributed by atoms with Crippen molar-refractivity contribution in [2.24, 2.45) is 5.73 Å². The van der Waals surface area contributed by atoms with Gasteiger partial charge in [-0.1, -0.05) is 12.1 Å². The zero-order valence-corrected chi connectivity index (χ0v) is 8.68. The molecule has 82 valence electrons. The van der Waals surface area contributed by atoms with Gasteiger partial charge in [-0.15, -0.1) is 0 Å². The molecule has 2 N–H and O–H groups in total. The summed E-state index contributed by atoms with van der Waals surface area (Å²) in [5.41, 5.74) is 7.28. The number of nitrogens with two attached hydrogens (primary N) is 1. The second-order valence-corrected chi connectivity index (χ2v) is 3.49. The third kappa shape index (κ3) is 2.23. The van der Waals surface area contributed by atoms with E-state index in [4.69, 9.17) is 5.73 Å². The van der Waals surface area contributed by atoms with Crippen LogP contribution in [0.3, 0.4) is 0 Å². The zero-order chi connectivity index (χ0) is 11.4. The van der Waals surface area contributed by atoms with Crippen LogP contribution in [0.15, 0.2) is 42.6 Å². The van der Waals surface area contributed by atoms with Gasteiger partial charge >= 0.3 is 0 Å². The molecule has 1 aromatic carbocycles. The highest BCUT2D eigenvalue weighted by Crippen LogP contribution is 2.21. The Bertz CT molecular complexity index is 459. The largest absolute Gasteiger partial charge is 0.329 e. The van der Waals surface area contributed by atoms with Gasteiger partial charge in [0.15, 0.2) is 0 Å². The summed E-state index contributed by atoms with van der Waals surface area (Å²) in [4.78, 5) is 0. The molecule has 1 aromatic heterocycles. The predicted octanol–water partition coefficient (Wildman–Crippen LogP) is 1.71. The van der Waals surface area contributed by atoms with Gasteiger partial charge in [0.1, 0.15) is 5.82 Å². The van der Waals surface area contributed by atoms with Crippen molar-refractivity contribution in [2.45, 2.75) is 5.92 Å². The number of halogens is 1. The van der Waals surface area contributed by atoms with Gasteiger partial charge in [-0.25, -0.2) is 4.39 Å². The highest BCUT2D eigenvalue weighted by atomic mass is 19.1. The van der Waals surface area contributed by atoms with E-state index in [2.05, 4.69) is 10.2 Å². The molecule has 0 radical (unpaired) electrons. The molecule has 16 heavy (non-hydrogen) atoms. The fourth-order valence-electron chi connectivity index (χ4n) is 1.65. The number of benzene rings is 1. The molecular formula is C12H12FN3. The highest BCUT2D eigenvalue weighted by molar-refractivity contribution is 5.28. The average Bonchev–Trinajstić information content (AvgIpc) is 2.31. The van der Waals surface area contributed by atoms with E-state index < -0.39 is 0 Å². The van der Waals surface area contributed by atoms with Crippen molar-refractivity contribution in [1.82, 2.24) is 10.2 Å². The quantitative estimate of drug-likeness (QED) is 0.851. The molecule has 0 fully saturated rings. The molecule has 0 aliphatic carbocycles. The number of rotatable bonds is 3. The number of hydrogen-bond donors (Lipinski definition) is 1. The van der Waals surface area contributed by atoms with Gasteiger partial charge in [-0.3, -0.25) is 0 Å². The molecule has 0 saturated carbocycles. The van der Waals surface area contributed by atoms with Gasteiger partial charge in [0, 0.05) is 18.7 Å². The predicted molar refractivity (Wildman–Crippen MR) is 59.3 cm³/mol. The monoisotopic (exact) mass is 217 g/mol. The first-order valence-electron chi connectivity index (χ1n) is 5.04. The first-order valence-corrected chi connectivity index (χ1v) is 5.04. The summed E-state index contributed by atoms with van der Waals surface area (Å²) in [5.74, 6) is -0.371. The van der Waals surface area contributed by atoms with Crippen LogP contribution in [0, 0.1) is 5.82 Å². The smallest absolute Gasteiger partial charge is 0.123 e. The maximum absolute atomic E-state index is 13.1. The SMILES string of the molecule is NCC(c1cccc(F)c1)c1cccnn1. The van der Waals surface area contributed by atoms with E-state index >= 15 is 0 Å². The van der Waals surface area contributed by atoms with E-state index in [-0.39, 0.29) is 11.7 Å². The van der Waals surface area contributed by atoms with Crippen LogP contribution in [-0.2, 0) is 0 Å². The topological polar surface area (TPSA) is 51.8 Å². The first kappa shape index (κ1) is 10.7. The Kier molecular flexibility index (Phi) is 3.22. The summed E-state index contributed by atoms with van der Waals surface area (Å²) in [6, 6.07) is 10.0. The van der Waals surface area contributed by atoms with Crippen LogP contribution in [0.25, 0.3) is 0 Å². The minimum atomic E-state index is -0.264. The average molecular weight is 217 g/mol. The third-order valence-electron chi connectivity index (χ3n) is 2.44. The van der Waals surface area contributed by atoms with Crippen molar-refractivity contribution in [3.63, 3.8) is 0 Å². The van der Waals surface area contributed by atoms with E-state index in [1.807, 2.05) is 12.1 Å². The Morgan fingerprint density at radius 3 is 2.75 bits per heavy atom. The summed E-state index contributed by atoms with van der Waals surface area (Å²) < 4.78 is 13.1. The maximum atomic E-state index is 13.1. The fourth-order valence-corrected chi connectivity index (χ4v) is 1.65. The lowest BCUT2D eigenvalue weighted by Gasteiger charge is -2.13. The molecule has 1 heterocycles. The molecule has 0 saturated heterocycles. The summed E-state index contributed by atoms with van der Waals surface area (Å²) in [6.07, 6.45) is 1.60. The second-order valence-electron chi connectivity index (χ2n) is 3.49. The van der Waals surface area contributed by atoms with E-state index in [0.29, 0.717) is 6.54 Å². The van der Waals surface area contributed by atoms with Crippen LogP contribution in [0.2, 0.25) is 0 Å². The first-order chi connectivity index (χ1) is 7.81. The van der Waals surface area contributed by atoms with Crippen molar-refractivity contribution in [3.8, 4) is 0 Å². The van der Waals surface area contributed by atoms with Gasteiger partial charge in [0.2, 0.25) is 0 Å². The van der Waals surface area contributed by atoms with E-state index in [0.717, 1.165) is 11.3 Å². The third-order valence-corrected chi connectivity index (χ3v) is 2.44. The molecule has 0 spiro atoms. The highest BCUT2D eigenvalue weighted by Gasteiger charge is 2.14. The van der Waals surface area contributed by atoms with Crippen molar-refractivity contribution >= 4 is 0 Å². The van der Waals surface area contributed by atoms with Crippen LogP contribution >= 0.6 is 0 Å². The van der Waals surface area contributed by atoms with Crippen LogP contribution in [0.1, 0.15) is 17.2 Å². The molecule has 3 nitrogen and oxygen atoms in total. The number of aromatic nitrogens is 2. The molecule has 1 atom stereocenters. The van der Waals surface area contributed by atoms with Crippen LogP contribution in [0.4, 0.5) is 4.39 Å². The number of nitrogens with zero attached hydrogens (tertiary/aromatic N) is 2. The summed E-state index contributed by atoms with van der Waals surface area (Å²) in [5, 5.41) is 7.81. The van der Waals surface area contributed by atoms with Crippen LogP contribution < -0.4 is 5.73 Å². The standard InChI is InChI=1S/C12H12FN3/c13-10-4-1-3-9(7-10)11(8-14)12-5-2-6-15-16-12/h1-7,11H,8,14H2. The Hall–Kier alpha value is -1.81. The van der Waals surface area contributed by atoms with Gasteiger partial charge in [-0.2, -0.15) is 10.2 Å². The molecular weight excluding hydrogens is 205 g/mol. The zero-order valence-electron chi connectivity index (χ0n) is 8.68. The Balaban J connectivity index is 2.37. The lowest BCUT2D eigenvalue weighted by Crippen LogP contribution is -2.15. The van der Waals surface area contributed by atoms with Gasteiger partial charge in [-0.05, 0) is 29.8 Å². The molecule has 4 heteroatoms. The van der Waals surface area contributed by atoms with Crippen LogP contribution in [0.5, 0.6) is 0 Å². The van der Waals surface area contributed by atoms with Crippen molar-refractivity contribution in [1.29, 1.82) is 0 Å². The van der Waals surface area contributed by atoms with E-state index in [1.54, 1.807) is 18.3 Å². The van der Waals surface area contributed by atoms with Crippen molar-refractivity contribution < 1.29 is 4.39 Å². The Morgan fingerprint density at radius 1 is 1.25 bits per heavy atom. The lowest BCUT2D eigenvalue weighted by atomic mass is 9.95. The van der Waals surface area contributed by atoms with Gasteiger partial charge in [0.25, 0.3) is 0 Å². The Labute approximate surface area is 93.1 Å². The Morgan fingerprint density at radius 2 is 2.12 bits per heavy atom. The molecule has 0 aliphatic rings. The fraction of sp³-hybridized carbons (Fsp3) is 0.167. The van der Waals surface area contributed by atoms with E-state index in [1.165, 1.54) is 12.1 Å². The van der Waals surface area contributed by atoms with Crippen molar-refractivity contribution in [2.75, 3.05) is 6.54 Å². The molecule has 0 aliphatic heterocycles. The van der Waals surface area contributed by atoms with Gasteiger partial charge < -0.3 is 5.73 Å². The molecule has 0 amide bonds. The van der Waals surface area contributed by atoms with E-state index in [9.17, 15) is 4.39 Å². The molecule has 0 bridgehead atoms. The molecule has 2 aromatic rings. The number of hydrogen-bond acceptors (Lipinski definition) is 3.